The number of hydrogen-bond donors (Lipinski definition) is 6. The number of carbonyl (C=O) groups is 4. The van der Waals surface area contributed by atoms with E-state index in [-0.39, 0.29) is 19.5 Å². The van der Waals surface area contributed by atoms with Crippen LogP contribution in [0.4, 0.5) is 4.39 Å². The van der Waals surface area contributed by atoms with Crippen LogP contribution in [-0.2, 0) is 19.2 Å². The minimum atomic E-state index is -2.15. The monoisotopic (exact) mass is 985 g/mol. The maximum atomic E-state index is 14.3. The molecular formula is C50H52FN11O8S. The highest BCUT2D eigenvalue weighted by molar-refractivity contribution is 7.09. The summed E-state index contributed by atoms with van der Waals surface area (Å²) in [5.74, 6) is -4.47. The van der Waals surface area contributed by atoms with E-state index >= 15 is 0 Å². The molecule has 19 nitrogen and oxygen atoms in total. The number of halogens is 1. The molecule has 0 bridgehead atoms. The number of likely N-dealkylation sites (tertiary alicyclic amines) is 2. The van der Waals surface area contributed by atoms with Crippen molar-refractivity contribution in [2.45, 2.75) is 87.6 Å². The fraction of sp³-hybridized carbons (Fsp3) is 0.320. The Morgan fingerprint density at radius 3 is 1.70 bits per heavy atom. The van der Waals surface area contributed by atoms with Gasteiger partial charge < -0.3 is 40.9 Å². The smallest absolute Gasteiger partial charge is 0.255 e. The van der Waals surface area contributed by atoms with E-state index in [1.165, 1.54) is 38.0 Å². The van der Waals surface area contributed by atoms with Crippen LogP contribution in [0.25, 0.3) is 17.1 Å². The lowest BCUT2D eigenvalue weighted by molar-refractivity contribution is -0.154. The minimum absolute atomic E-state index is 0.0146. The van der Waals surface area contributed by atoms with E-state index in [0.29, 0.717) is 40.5 Å². The van der Waals surface area contributed by atoms with E-state index in [2.05, 4.69) is 20.8 Å². The number of aromatic nitrogens is 7. The van der Waals surface area contributed by atoms with E-state index in [0.717, 1.165) is 16.9 Å². The molecule has 4 aromatic heterocycles. The third-order valence-electron chi connectivity index (χ3n) is 13.1. The zero-order chi connectivity index (χ0) is 49.9. The Labute approximate surface area is 410 Å². The van der Waals surface area contributed by atoms with Gasteiger partial charge in [-0.2, -0.15) is 15.3 Å². The van der Waals surface area contributed by atoms with Crippen LogP contribution in [0.15, 0.2) is 127 Å². The Morgan fingerprint density at radius 1 is 0.648 bits per heavy atom. The van der Waals surface area contributed by atoms with Gasteiger partial charge in [-0.15, -0.1) is 11.3 Å². The summed E-state index contributed by atoms with van der Waals surface area (Å²) >= 11 is 1.28. The summed E-state index contributed by atoms with van der Waals surface area (Å²) in [5.41, 5.74) is 4.62. The lowest BCUT2D eigenvalue weighted by Gasteiger charge is -2.28. The summed E-state index contributed by atoms with van der Waals surface area (Å²) in [6.07, 6.45) is 1.52. The molecule has 368 valence electrons. The number of carbonyl (C=O) groups excluding carboxylic acids is 4. The maximum Gasteiger partial charge on any atom is 0.255 e. The van der Waals surface area contributed by atoms with Crippen molar-refractivity contribution < 1.29 is 44.0 Å². The highest BCUT2D eigenvalue weighted by Crippen LogP contribution is 2.43. The number of rotatable bonds is 16. The summed E-state index contributed by atoms with van der Waals surface area (Å²) in [6, 6.07) is 23.0. The van der Waals surface area contributed by atoms with Crippen LogP contribution >= 0.6 is 11.3 Å². The van der Waals surface area contributed by atoms with Gasteiger partial charge >= 0.3 is 0 Å². The first-order valence-electron chi connectivity index (χ1n) is 23.1. The number of benzene rings is 3. The maximum absolute atomic E-state index is 14.3. The highest BCUT2D eigenvalue weighted by Gasteiger charge is 2.45. The zero-order valence-corrected chi connectivity index (χ0v) is 39.4. The molecule has 2 aliphatic heterocycles. The highest BCUT2D eigenvalue weighted by atomic mass is 32.1. The van der Waals surface area contributed by atoms with Crippen molar-refractivity contribution in [2.75, 3.05) is 13.1 Å². The summed E-state index contributed by atoms with van der Waals surface area (Å²) < 4.78 is 18.7. The lowest BCUT2D eigenvalue weighted by Crippen LogP contribution is -2.51. The van der Waals surface area contributed by atoms with E-state index in [1.807, 2.05) is 29.6 Å². The van der Waals surface area contributed by atoms with E-state index in [4.69, 9.17) is 10.1 Å². The molecule has 2 unspecified atom stereocenters. The van der Waals surface area contributed by atoms with Gasteiger partial charge in [0.25, 0.3) is 23.6 Å². The van der Waals surface area contributed by atoms with Gasteiger partial charge in [0.2, 0.25) is 0 Å². The lowest BCUT2D eigenvalue weighted by atomic mass is 10.0. The van der Waals surface area contributed by atoms with Crippen LogP contribution in [0.3, 0.4) is 0 Å². The first-order chi connectivity index (χ1) is 34.2. The van der Waals surface area contributed by atoms with Crippen molar-refractivity contribution in [1.82, 2.24) is 54.8 Å². The molecule has 6 N–H and O–H groups in total. The molecule has 7 aromatic rings. The largest absolute Gasteiger partial charge is 0.380 e. The van der Waals surface area contributed by atoms with Gasteiger partial charge in [0.1, 0.15) is 10.8 Å². The average Bonchev–Trinajstić information content (AvgIpc) is 4.25. The second-order valence-electron chi connectivity index (χ2n) is 17.7. The first-order valence-corrected chi connectivity index (χ1v) is 24.0. The molecule has 9 atom stereocenters. The van der Waals surface area contributed by atoms with Crippen molar-refractivity contribution in [3.05, 3.63) is 161 Å². The van der Waals surface area contributed by atoms with Crippen molar-refractivity contribution >= 4 is 35.0 Å². The summed E-state index contributed by atoms with van der Waals surface area (Å²) in [6.45, 7) is 3.69. The Kier molecular flexibility index (Phi) is 14.3. The van der Waals surface area contributed by atoms with Gasteiger partial charge in [0, 0.05) is 55.4 Å². The van der Waals surface area contributed by atoms with Gasteiger partial charge in [-0.1, -0.05) is 24.3 Å². The normalized spacial score (nSPS) is 19.5. The molecular weight excluding hydrogens is 934 g/mol. The number of hydrogen-bond acceptors (Lipinski definition) is 13. The molecule has 2 fully saturated rings. The van der Waals surface area contributed by atoms with Crippen LogP contribution in [0.1, 0.15) is 90.7 Å². The molecule has 4 amide bonds. The number of amides is 4. The third kappa shape index (κ3) is 10.4. The number of thiazole rings is 1. The Balaban J connectivity index is 0.872. The molecule has 2 saturated heterocycles. The number of aliphatic hydroxyl groups is 4. The Morgan fingerprint density at radius 2 is 1.17 bits per heavy atom. The molecule has 9 rings (SSSR count). The number of nitrogens with one attached hydrogen (secondary N) is 2. The van der Waals surface area contributed by atoms with E-state index in [1.54, 1.807) is 109 Å². The van der Waals surface area contributed by atoms with Gasteiger partial charge in [-0.3, -0.25) is 19.2 Å². The topological polar surface area (TPSA) is 246 Å². The fourth-order valence-corrected chi connectivity index (χ4v) is 10.1. The molecule has 3 aromatic carbocycles. The van der Waals surface area contributed by atoms with Crippen molar-refractivity contribution in [3.63, 3.8) is 0 Å². The molecule has 2 aliphatic rings. The van der Waals surface area contributed by atoms with Gasteiger partial charge in [-0.25, -0.2) is 23.4 Å². The predicted molar refractivity (Wildman–Crippen MR) is 255 cm³/mol. The molecule has 0 saturated carbocycles. The van der Waals surface area contributed by atoms with E-state index in [9.17, 15) is 44.0 Å². The molecule has 0 aliphatic carbocycles. The second kappa shape index (κ2) is 20.9. The Hall–Kier alpha value is -7.43. The quantitative estimate of drug-likeness (QED) is 0.0811. The van der Waals surface area contributed by atoms with Crippen LogP contribution < -0.4 is 10.6 Å². The number of aliphatic hydroxyl groups excluding tert-OH is 4. The van der Waals surface area contributed by atoms with Crippen molar-refractivity contribution in [1.29, 1.82) is 0 Å². The average molecular weight is 986 g/mol. The van der Waals surface area contributed by atoms with Crippen LogP contribution in [0, 0.1) is 5.82 Å². The molecule has 21 heteroatoms. The van der Waals surface area contributed by atoms with E-state index < -0.39 is 83.9 Å². The van der Waals surface area contributed by atoms with Gasteiger partial charge in [-0.05, 0) is 111 Å². The molecule has 6 heterocycles. The second-order valence-corrected chi connectivity index (χ2v) is 18.6. The molecule has 0 spiro atoms. The number of nitrogens with zero attached hydrogens (tertiary/aromatic N) is 9. The SMILES string of the molecule is C[C@@H](NC(=O)[C@H](O)[C@@H](O)C(=O)N1CCCC1c1nc(C2C[C@H](c3ccn(-c4ccc(F)cc4)n3)N(C(=O)[C@H](O)[C@@H](O)C(=O)N[C@H](C)c3ccc(-n4cccn4)cc3)C2)cs1)c1ccc(-n2cccn2)cc1. The third-order valence-corrected chi connectivity index (χ3v) is 14.1. The van der Waals surface area contributed by atoms with Crippen LogP contribution in [-0.4, -0.2) is 126 Å². The van der Waals surface area contributed by atoms with Gasteiger partial charge in [0.15, 0.2) is 24.4 Å². The minimum Gasteiger partial charge on any atom is -0.380 e. The molecule has 0 radical (unpaired) electrons. The summed E-state index contributed by atoms with van der Waals surface area (Å²) in [5, 5.41) is 65.4. The van der Waals surface area contributed by atoms with Crippen LogP contribution in [0.2, 0.25) is 0 Å². The Bertz CT molecular complexity index is 2950. The zero-order valence-electron chi connectivity index (χ0n) is 38.6. The van der Waals surface area contributed by atoms with Gasteiger partial charge in [0.05, 0.1) is 52.6 Å². The summed E-state index contributed by atoms with van der Waals surface area (Å²) in [4.78, 5) is 62.3. The standard InChI is InChI=1S/C50H52FN11O8S/c1-29(31-7-13-35(14-8-31)60-23-4-20-52-60)54-46(67)42(63)44(65)49(69)58-22-3-6-40(58)48-56-39(28-71-48)33-26-41(38-19-25-62(57-38)37-17-11-34(51)12-18-37)59(27-33)50(70)45(66)43(64)47(68)55-30(2)32-9-15-36(16-10-32)61-24-5-21-53-61/h4-5,7-21,23-25,28-30,33,40-45,63-66H,3,6,22,26-27H2,1-2H3,(H,54,67)(H,55,68)/t29-,30-,33?,40?,41-,42-,43-,44-,45-/m1/s1. The predicted octanol–water partition coefficient (Wildman–Crippen LogP) is 3.76. The first kappa shape index (κ1) is 48.6. The van der Waals surface area contributed by atoms with Crippen LogP contribution in [0.5, 0.6) is 0 Å². The fourth-order valence-electron chi connectivity index (χ4n) is 9.09. The van der Waals surface area contributed by atoms with Crippen molar-refractivity contribution in [2.24, 2.45) is 0 Å². The summed E-state index contributed by atoms with van der Waals surface area (Å²) in [7, 11) is 0. The van der Waals surface area contributed by atoms with Crippen molar-refractivity contribution in [3.8, 4) is 17.1 Å². The molecule has 71 heavy (non-hydrogen) atoms.